The Hall–Kier alpha value is -2.15. The molecule has 2 rings (SSSR count). The first-order valence-electron chi connectivity index (χ1n) is 5.13. The summed E-state index contributed by atoms with van der Waals surface area (Å²) in [6.07, 6.45) is 0. The molecule has 0 aliphatic heterocycles. The van der Waals surface area contributed by atoms with E-state index >= 15 is 0 Å². The highest BCUT2D eigenvalue weighted by Gasteiger charge is 2.08. The molecule has 1 aromatic carbocycles. The Morgan fingerprint density at radius 1 is 1.38 bits per heavy atom. The Bertz CT molecular complexity index is 534. The van der Waals surface area contributed by atoms with Crippen LogP contribution in [0.1, 0.15) is 31.2 Å². The summed E-state index contributed by atoms with van der Waals surface area (Å²) in [5.41, 5.74) is 1.48. The maximum Gasteiger partial charge on any atom is 0.181 e. The Balaban J connectivity index is 2.39. The van der Waals surface area contributed by atoms with Crippen molar-refractivity contribution in [1.82, 2.24) is 15.2 Å². The number of H-pyrrole nitrogens is 1. The number of nitrogens with one attached hydrogen (secondary N) is 1. The quantitative estimate of drug-likeness (QED) is 0.831. The molecule has 0 unspecified atom stereocenters. The molecule has 1 N–H and O–H groups in total. The zero-order valence-corrected chi connectivity index (χ0v) is 9.23. The lowest BCUT2D eigenvalue weighted by atomic mass is 10.1. The van der Waals surface area contributed by atoms with Crippen molar-refractivity contribution in [3.63, 3.8) is 0 Å². The first-order chi connectivity index (χ1) is 7.70. The highest BCUT2D eigenvalue weighted by atomic mass is 15.2. The van der Waals surface area contributed by atoms with E-state index in [4.69, 9.17) is 5.26 Å². The van der Waals surface area contributed by atoms with Crippen molar-refractivity contribution in [3.05, 3.63) is 35.7 Å². The van der Waals surface area contributed by atoms with Gasteiger partial charge in [-0.2, -0.15) is 10.4 Å². The number of nitrogens with zero attached hydrogens (tertiary/aromatic N) is 3. The van der Waals surface area contributed by atoms with Gasteiger partial charge >= 0.3 is 0 Å². The van der Waals surface area contributed by atoms with Crippen LogP contribution in [0, 0.1) is 11.3 Å². The van der Waals surface area contributed by atoms with Gasteiger partial charge in [-0.3, -0.25) is 5.10 Å². The van der Waals surface area contributed by atoms with E-state index in [0.29, 0.717) is 17.3 Å². The van der Waals surface area contributed by atoms with Crippen molar-refractivity contribution in [2.75, 3.05) is 0 Å². The molecule has 1 aromatic heterocycles. The third-order valence-electron chi connectivity index (χ3n) is 2.30. The molecule has 0 aliphatic rings. The van der Waals surface area contributed by atoms with Crippen molar-refractivity contribution in [1.29, 1.82) is 5.26 Å². The van der Waals surface area contributed by atoms with Crippen LogP contribution in [-0.2, 0) is 0 Å². The molecule has 80 valence electrons. The Morgan fingerprint density at radius 2 is 2.19 bits per heavy atom. The number of nitriles is 1. The van der Waals surface area contributed by atoms with Gasteiger partial charge in [-0.1, -0.05) is 26.0 Å². The maximum absolute atomic E-state index is 8.80. The van der Waals surface area contributed by atoms with E-state index in [1.54, 1.807) is 12.1 Å². The Labute approximate surface area is 94.0 Å². The van der Waals surface area contributed by atoms with E-state index in [1.807, 2.05) is 12.1 Å². The molecule has 1 heterocycles. The average molecular weight is 212 g/mol. The molecule has 16 heavy (non-hydrogen) atoms. The largest absolute Gasteiger partial charge is 0.262 e. The van der Waals surface area contributed by atoms with E-state index in [0.717, 1.165) is 11.4 Å². The summed E-state index contributed by atoms with van der Waals surface area (Å²) in [6.45, 7) is 4.10. The average Bonchev–Trinajstić information content (AvgIpc) is 2.78. The number of benzene rings is 1. The second-order valence-electron chi connectivity index (χ2n) is 3.89. The number of aromatic amines is 1. The van der Waals surface area contributed by atoms with E-state index < -0.39 is 0 Å². The molecule has 4 nitrogen and oxygen atoms in total. The molecule has 0 saturated heterocycles. The van der Waals surface area contributed by atoms with E-state index in [-0.39, 0.29) is 0 Å². The number of rotatable bonds is 2. The summed E-state index contributed by atoms with van der Waals surface area (Å²) in [7, 11) is 0. The summed E-state index contributed by atoms with van der Waals surface area (Å²) in [5.74, 6) is 1.82. The number of hydrogen-bond donors (Lipinski definition) is 1. The molecule has 0 radical (unpaired) electrons. The molecule has 0 fully saturated rings. The van der Waals surface area contributed by atoms with Gasteiger partial charge in [0.1, 0.15) is 5.82 Å². The topological polar surface area (TPSA) is 65.4 Å². The minimum atomic E-state index is 0.320. The lowest BCUT2D eigenvalue weighted by Gasteiger charge is -1.96. The Kier molecular flexibility index (Phi) is 2.69. The van der Waals surface area contributed by atoms with Crippen LogP contribution in [0.5, 0.6) is 0 Å². The predicted molar refractivity (Wildman–Crippen MR) is 60.6 cm³/mol. The second-order valence-corrected chi connectivity index (χ2v) is 3.89. The normalized spacial score (nSPS) is 10.4. The summed E-state index contributed by atoms with van der Waals surface area (Å²) in [4.78, 5) is 4.38. The second kappa shape index (κ2) is 4.15. The van der Waals surface area contributed by atoms with E-state index in [2.05, 4.69) is 35.1 Å². The SMILES string of the molecule is CC(C)c1nc(-c2cccc(C#N)c2)n[nH]1. The monoisotopic (exact) mass is 212 g/mol. The minimum Gasteiger partial charge on any atom is -0.262 e. The molecule has 0 saturated carbocycles. The van der Waals surface area contributed by atoms with Crippen LogP contribution in [-0.4, -0.2) is 15.2 Å². The summed E-state index contributed by atoms with van der Waals surface area (Å²) in [6, 6.07) is 9.38. The van der Waals surface area contributed by atoms with E-state index in [1.165, 1.54) is 0 Å². The smallest absolute Gasteiger partial charge is 0.181 e. The van der Waals surface area contributed by atoms with Gasteiger partial charge in [-0.15, -0.1) is 0 Å². The van der Waals surface area contributed by atoms with Crippen molar-refractivity contribution in [2.45, 2.75) is 19.8 Å². The molecule has 4 heteroatoms. The van der Waals surface area contributed by atoms with Crippen LogP contribution in [0.15, 0.2) is 24.3 Å². The van der Waals surface area contributed by atoms with Gasteiger partial charge in [0.15, 0.2) is 5.82 Å². The van der Waals surface area contributed by atoms with Gasteiger partial charge < -0.3 is 0 Å². The molecular formula is C12H12N4. The van der Waals surface area contributed by atoms with Gasteiger partial charge in [0.2, 0.25) is 0 Å². The fourth-order valence-corrected chi connectivity index (χ4v) is 1.39. The van der Waals surface area contributed by atoms with Gasteiger partial charge in [-0.05, 0) is 12.1 Å². The molecule has 0 bridgehead atoms. The summed E-state index contributed by atoms with van der Waals surface area (Å²) < 4.78 is 0. The first-order valence-corrected chi connectivity index (χ1v) is 5.13. The third kappa shape index (κ3) is 1.94. The lowest BCUT2D eigenvalue weighted by Crippen LogP contribution is -1.89. The van der Waals surface area contributed by atoms with Crippen molar-refractivity contribution in [3.8, 4) is 17.5 Å². The third-order valence-corrected chi connectivity index (χ3v) is 2.30. The standard InChI is InChI=1S/C12H12N4/c1-8(2)11-14-12(16-15-11)10-5-3-4-9(6-10)7-13/h3-6,8H,1-2H3,(H,14,15,16). The van der Waals surface area contributed by atoms with E-state index in [9.17, 15) is 0 Å². The molecule has 2 aromatic rings. The molecule has 0 aliphatic carbocycles. The molecular weight excluding hydrogens is 200 g/mol. The fourth-order valence-electron chi connectivity index (χ4n) is 1.39. The first kappa shape index (κ1) is 10.4. The van der Waals surface area contributed by atoms with Gasteiger partial charge in [0, 0.05) is 11.5 Å². The summed E-state index contributed by atoms with van der Waals surface area (Å²) in [5, 5.41) is 15.8. The highest BCUT2D eigenvalue weighted by molar-refractivity contribution is 5.57. The molecule has 0 atom stereocenters. The van der Waals surface area contributed by atoms with Crippen LogP contribution in [0.4, 0.5) is 0 Å². The summed E-state index contributed by atoms with van der Waals surface area (Å²) >= 11 is 0. The fraction of sp³-hybridized carbons (Fsp3) is 0.250. The lowest BCUT2D eigenvalue weighted by molar-refractivity contribution is 0.781. The minimum absolute atomic E-state index is 0.320. The number of aromatic nitrogens is 3. The zero-order chi connectivity index (χ0) is 11.5. The van der Waals surface area contributed by atoms with Crippen LogP contribution in [0.25, 0.3) is 11.4 Å². The highest BCUT2D eigenvalue weighted by Crippen LogP contribution is 2.18. The molecule has 0 spiro atoms. The van der Waals surface area contributed by atoms with Crippen LogP contribution in [0.3, 0.4) is 0 Å². The van der Waals surface area contributed by atoms with Crippen LogP contribution in [0.2, 0.25) is 0 Å². The predicted octanol–water partition coefficient (Wildman–Crippen LogP) is 2.47. The van der Waals surface area contributed by atoms with Gasteiger partial charge in [-0.25, -0.2) is 4.98 Å². The van der Waals surface area contributed by atoms with Crippen LogP contribution >= 0.6 is 0 Å². The van der Waals surface area contributed by atoms with Crippen molar-refractivity contribution in [2.24, 2.45) is 0 Å². The van der Waals surface area contributed by atoms with Gasteiger partial charge in [0.05, 0.1) is 11.6 Å². The molecule has 0 amide bonds. The Morgan fingerprint density at radius 3 is 2.81 bits per heavy atom. The maximum atomic E-state index is 8.80. The van der Waals surface area contributed by atoms with Crippen molar-refractivity contribution >= 4 is 0 Å². The van der Waals surface area contributed by atoms with Crippen molar-refractivity contribution < 1.29 is 0 Å². The van der Waals surface area contributed by atoms with Crippen LogP contribution < -0.4 is 0 Å². The van der Waals surface area contributed by atoms with Gasteiger partial charge in [0.25, 0.3) is 0 Å². The number of hydrogen-bond acceptors (Lipinski definition) is 3. The zero-order valence-electron chi connectivity index (χ0n) is 9.23.